The van der Waals surface area contributed by atoms with Crippen molar-refractivity contribution in [2.45, 2.75) is 13.1 Å². The Kier molecular flexibility index (Phi) is 4.98. The molecule has 31 heavy (non-hydrogen) atoms. The summed E-state index contributed by atoms with van der Waals surface area (Å²) in [6.45, 7) is 1.82. The zero-order valence-electron chi connectivity index (χ0n) is 16.2. The molecule has 0 fully saturated rings. The van der Waals surface area contributed by atoms with Crippen molar-refractivity contribution in [1.29, 1.82) is 0 Å². The summed E-state index contributed by atoms with van der Waals surface area (Å²) >= 11 is 0. The molecule has 0 atom stereocenters. The Bertz CT molecular complexity index is 1380. The van der Waals surface area contributed by atoms with Crippen LogP contribution in [0.25, 0.3) is 27.7 Å². The Morgan fingerprint density at radius 2 is 1.68 bits per heavy atom. The number of halogens is 3. The number of fused-ring (bicyclic) bond motifs is 1. The van der Waals surface area contributed by atoms with Gasteiger partial charge in [0.05, 0.1) is 11.4 Å². The van der Waals surface area contributed by atoms with Crippen LogP contribution >= 0.6 is 0 Å². The van der Waals surface area contributed by atoms with Crippen LogP contribution < -0.4 is 9.86 Å². The minimum absolute atomic E-state index is 0.178. The molecule has 3 aromatic carbocycles. The van der Waals surface area contributed by atoms with Gasteiger partial charge in [-0.05, 0) is 53.6 Å². The molecule has 6 nitrogen and oxygen atoms in total. The summed E-state index contributed by atoms with van der Waals surface area (Å²) < 4.78 is 66.2. The minimum Gasteiger partial charge on any atom is -0.271 e. The summed E-state index contributed by atoms with van der Waals surface area (Å²) in [5, 5.41) is 10.4. The molecule has 1 aromatic heterocycles. The monoisotopic (exact) mass is 446 g/mol. The molecule has 0 radical (unpaired) electrons. The van der Waals surface area contributed by atoms with Gasteiger partial charge < -0.3 is 0 Å². The lowest BCUT2D eigenvalue weighted by molar-refractivity contribution is -0.141. The molecular weight excluding hydrogens is 429 g/mol. The summed E-state index contributed by atoms with van der Waals surface area (Å²) in [4.78, 5) is 0. The Morgan fingerprint density at radius 1 is 1.00 bits per heavy atom. The van der Waals surface area contributed by atoms with Gasteiger partial charge >= 0.3 is 6.18 Å². The van der Waals surface area contributed by atoms with Crippen LogP contribution in [0.5, 0.6) is 0 Å². The van der Waals surface area contributed by atoms with Gasteiger partial charge in [0.15, 0.2) is 5.69 Å². The predicted molar refractivity (Wildman–Crippen MR) is 113 cm³/mol. The van der Waals surface area contributed by atoms with Crippen LogP contribution in [0.15, 0.2) is 66.7 Å². The molecule has 0 unspecified atom stereocenters. The molecule has 0 aliphatic heterocycles. The first kappa shape index (κ1) is 20.9. The van der Waals surface area contributed by atoms with E-state index in [1.807, 2.05) is 43.3 Å². The first-order valence-corrected chi connectivity index (χ1v) is 10.6. The first-order valence-electron chi connectivity index (χ1n) is 9.10. The molecule has 160 valence electrons. The Balaban J connectivity index is 1.93. The van der Waals surface area contributed by atoms with E-state index in [1.54, 1.807) is 0 Å². The van der Waals surface area contributed by atoms with Gasteiger partial charge in [-0.15, -0.1) is 0 Å². The van der Waals surface area contributed by atoms with E-state index in [9.17, 15) is 21.6 Å². The summed E-state index contributed by atoms with van der Waals surface area (Å²) in [6, 6.07) is 17.9. The van der Waals surface area contributed by atoms with E-state index in [0.29, 0.717) is 11.3 Å². The summed E-state index contributed by atoms with van der Waals surface area (Å²) in [5.74, 6) is 0. The molecule has 0 aliphatic rings. The average Bonchev–Trinajstić information content (AvgIpc) is 3.12. The van der Waals surface area contributed by atoms with E-state index < -0.39 is 22.1 Å². The third-order valence-electron chi connectivity index (χ3n) is 4.77. The zero-order chi connectivity index (χ0) is 22.4. The van der Waals surface area contributed by atoms with Crippen molar-refractivity contribution < 1.29 is 21.6 Å². The molecule has 4 rings (SSSR count). The van der Waals surface area contributed by atoms with Crippen LogP contribution in [0.2, 0.25) is 0 Å². The van der Waals surface area contributed by atoms with E-state index in [4.69, 9.17) is 5.14 Å². The SMILES string of the molecule is Cc1ccc2ccccc2c1-c1cc(C(F)(F)F)nn1-c1ccc(NS(N)(=O)=O)cc1. The number of aryl methyl sites for hydroxylation is 1. The molecule has 0 saturated carbocycles. The lowest BCUT2D eigenvalue weighted by Crippen LogP contribution is -2.21. The quantitative estimate of drug-likeness (QED) is 0.479. The Morgan fingerprint density at radius 3 is 2.32 bits per heavy atom. The van der Waals surface area contributed by atoms with E-state index in [-0.39, 0.29) is 11.4 Å². The lowest BCUT2D eigenvalue weighted by atomic mass is 9.97. The van der Waals surface area contributed by atoms with Crippen molar-refractivity contribution in [2.24, 2.45) is 5.14 Å². The van der Waals surface area contributed by atoms with Crippen LogP contribution in [0, 0.1) is 6.92 Å². The van der Waals surface area contributed by atoms with Gasteiger partial charge in [0.25, 0.3) is 10.2 Å². The van der Waals surface area contributed by atoms with Crippen molar-refractivity contribution in [1.82, 2.24) is 9.78 Å². The number of rotatable bonds is 4. The minimum atomic E-state index is -4.63. The third kappa shape index (κ3) is 4.25. The zero-order valence-corrected chi connectivity index (χ0v) is 17.0. The summed E-state index contributed by atoms with van der Waals surface area (Å²) in [7, 11) is -3.97. The van der Waals surface area contributed by atoms with Crippen molar-refractivity contribution in [3.8, 4) is 16.9 Å². The number of nitrogens with one attached hydrogen (secondary N) is 1. The third-order valence-corrected chi connectivity index (χ3v) is 5.29. The van der Waals surface area contributed by atoms with Crippen LogP contribution in [-0.4, -0.2) is 18.2 Å². The molecule has 0 aliphatic carbocycles. The second-order valence-corrected chi connectivity index (χ2v) is 8.29. The number of aromatic nitrogens is 2. The molecule has 0 amide bonds. The molecule has 0 bridgehead atoms. The first-order chi connectivity index (χ1) is 14.5. The largest absolute Gasteiger partial charge is 0.435 e. The number of hydrogen-bond acceptors (Lipinski definition) is 3. The molecule has 0 saturated heterocycles. The molecule has 0 spiro atoms. The standard InChI is InChI=1S/C21H17F3N4O2S/c1-13-6-7-14-4-2-3-5-17(14)20(13)18-12-19(21(22,23)24)26-28(18)16-10-8-15(9-11-16)27-31(25,29)30/h2-12,27H,1H3,(H2,25,29,30). The van der Waals surface area contributed by atoms with E-state index in [0.717, 1.165) is 22.4 Å². The number of nitrogens with two attached hydrogens (primary N) is 1. The molecule has 1 heterocycles. The van der Waals surface area contributed by atoms with Crippen LogP contribution in [0.1, 0.15) is 11.3 Å². The van der Waals surface area contributed by atoms with Gasteiger partial charge in [0, 0.05) is 11.3 Å². The fraction of sp³-hybridized carbons (Fsp3) is 0.0952. The normalized spacial score (nSPS) is 12.3. The topological polar surface area (TPSA) is 90.0 Å². The number of nitrogens with zero attached hydrogens (tertiary/aromatic N) is 2. The molecular formula is C21H17F3N4O2S. The number of hydrogen-bond donors (Lipinski definition) is 2. The van der Waals surface area contributed by atoms with Crippen molar-refractivity contribution >= 4 is 26.7 Å². The summed E-state index contributed by atoms with van der Waals surface area (Å²) in [5.41, 5.74) is 1.18. The highest BCUT2D eigenvalue weighted by molar-refractivity contribution is 7.90. The average molecular weight is 446 g/mol. The molecule has 10 heteroatoms. The Hall–Kier alpha value is -3.37. The van der Waals surface area contributed by atoms with Gasteiger partial charge in [-0.1, -0.05) is 36.4 Å². The Labute approximate surface area is 176 Å². The molecule has 4 aromatic rings. The predicted octanol–water partition coefficient (Wildman–Crippen LogP) is 4.64. The van der Waals surface area contributed by atoms with Gasteiger partial charge in [0.2, 0.25) is 0 Å². The number of benzene rings is 3. The molecule has 3 N–H and O–H groups in total. The summed E-state index contributed by atoms with van der Waals surface area (Å²) in [6.07, 6.45) is -4.63. The fourth-order valence-electron chi connectivity index (χ4n) is 3.45. The van der Waals surface area contributed by atoms with Crippen LogP contribution in [0.4, 0.5) is 18.9 Å². The van der Waals surface area contributed by atoms with E-state index >= 15 is 0 Å². The second kappa shape index (κ2) is 7.40. The smallest absolute Gasteiger partial charge is 0.271 e. The van der Waals surface area contributed by atoms with Crippen molar-refractivity contribution in [3.05, 3.63) is 78.0 Å². The fourth-order valence-corrected chi connectivity index (χ4v) is 3.91. The van der Waals surface area contributed by atoms with Gasteiger partial charge in [-0.25, -0.2) is 9.82 Å². The van der Waals surface area contributed by atoms with Crippen molar-refractivity contribution in [2.75, 3.05) is 4.72 Å². The maximum Gasteiger partial charge on any atom is 0.435 e. The van der Waals surface area contributed by atoms with E-state index in [1.165, 1.54) is 28.9 Å². The number of anilines is 1. The second-order valence-electron chi connectivity index (χ2n) is 7.00. The maximum atomic E-state index is 13.5. The van der Waals surface area contributed by atoms with E-state index in [2.05, 4.69) is 9.82 Å². The highest BCUT2D eigenvalue weighted by Gasteiger charge is 2.35. The van der Waals surface area contributed by atoms with Gasteiger partial charge in [0.1, 0.15) is 0 Å². The van der Waals surface area contributed by atoms with Gasteiger partial charge in [-0.2, -0.15) is 26.7 Å². The highest BCUT2D eigenvalue weighted by Crippen LogP contribution is 2.37. The van der Waals surface area contributed by atoms with Gasteiger partial charge in [-0.3, -0.25) is 4.72 Å². The van der Waals surface area contributed by atoms with Crippen LogP contribution in [0.3, 0.4) is 0 Å². The lowest BCUT2D eigenvalue weighted by Gasteiger charge is -2.13. The van der Waals surface area contributed by atoms with Crippen LogP contribution in [-0.2, 0) is 16.4 Å². The maximum absolute atomic E-state index is 13.5. The number of alkyl halides is 3. The highest BCUT2D eigenvalue weighted by atomic mass is 32.2. The van der Waals surface area contributed by atoms with Crippen molar-refractivity contribution in [3.63, 3.8) is 0 Å².